The molecule has 12 heteroatoms. The van der Waals surface area contributed by atoms with Crippen LogP contribution in [0.25, 0.3) is 0 Å². The molecule has 0 amide bonds. The molecule has 226 valence electrons. The average Bonchev–Trinajstić information content (AvgIpc) is 2.87. The second-order valence-electron chi connectivity index (χ2n) is 9.39. The van der Waals surface area contributed by atoms with Gasteiger partial charge in [-0.05, 0) is 64.2 Å². The molecule has 0 aliphatic heterocycles. The molecule has 0 aromatic heterocycles. The normalized spacial score (nSPS) is 13.7. The van der Waals surface area contributed by atoms with Crippen molar-refractivity contribution in [1.82, 2.24) is 0 Å². The molecule has 0 radical (unpaired) electrons. The van der Waals surface area contributed by atoms with Crippen molar-refractivity contribution in [2.45, 2.75) is 104 Å². The topological polar surface area (TPSA) is 159 Å². The van der Waals surface area contributed by atoms with Crippen LogP contribution in [-0.2, 0) is 34.9 Å². The Balaban J connectivity index is 2.89. The summed E-state index contributed by atoms with van der Waals surface area (Å²) in [6.07, 6.45) is -0.700. The van der Waals surface area contributed by atoms with Crippen LogP contribution in [0.3, 0.4) is 0 Å². The fourth-order valence-corrected chi connectivity index (χ4v) is 3.39. The van der Waals surface area contributed by atoms with Crippen LogP contribution < -0.4 is 15.2 Å². The molecule has 0 spiro atoms. The van der Waals surface area contributed by atoms with Crippen molar-refractivity contribution in [3.8, 4) is 11.5 Å². The molecule has 0 aliphatic rings. The average molecular weight is 570 g/mol. The van der Waals surface area contributed by atoms with Gasteiger partial charge in [-0.25, -0.2) is 14.4 Å². The van der Waals surface area contributed by atoms with E-state index in [4.69, 9.17) is 38.9 Å². The molecular weight excluding hydrogens is 526 g/mol. The highest BCUT2D eigenvalue weighted by Crippen LogP contribution is 2.30. The summed E-state index contributed by atoms with van der Waals surface area (Å²) >= 11 is 0. The number of benzene rings is 1. The van der Waals surface area contributed by atoms with Gasteiger partial charge in [-0.15, -0.1) is 0 Å². The third kappa shape index (κ3) is 14.0. The number of hydrogen-bond donors (Lipinski definition) is 1. The SMILES string of the molecule is CCCOC(=O)O[C@@H](C)COC(=O)[C@@H](N)Cc1ccc(OC(=O)OC(C)CCC)c(OC(=O)OC(C)CCC)c1. The van der Waals surface area contributed by atoms with E-state index >= 15 is 0 Å². The fraction of sp³-hybridized carbons (Fsp3) is 0.643. The summed E-state index contributed by atoms with van der Waals surface area (Å²) in [7, 11) is 0. The Morgan fingerprint density at radius 2 is 1.27 bits per heavy atom. The Bertz CT molecular complexity index is 952. The molecular formula is C28H43NO11. The number of esters is 1. The molecule has 0 heterocycles. The van der Waals surface area contributed by atoms with Crippen molar-refractivity contribution >= 4 is 24.4 Å². The third-order valence-electron chi connectivity index (χ3n) is 5.32. The molecule has 1 rings (SSSR count). The van der Waals surface area contributed by atoms with Crippen LogP contribution >= 0.6 is 0 Å². The monoisotopic (exact) mass is 569 g/mol. The minimum absolute atomic E-state index is 0.00250. The molecule has 2 N–H and O–H groups in total. The van der Waals surface area contributed by atoms with E-state index in [0.717, 1.165) is 12.8 Å². The van der Waals surface area contributed by atoms with Gasteiger partial charge in [0.25, 0.3) is 0 Å². The molecule has 1 aromatic rings. The van der Waals surface area contributed by atoms with Crippen molar-refractivity contribution in [2.24, 2.45) is 5.73 Å². The number of ether oxygens (including phenoxy) is 7. The maximum Gasteiger partial charge on any atom is 0.514 e. The van der Waals surface area contributed by atoms with E-state index in [1.807, 2.05) is 20.8 Å². The summed E-state index contributed by atoms with van der Waals surface area (Å²) in [6, 6.07) is 3.27. The van der Waals surface area contributed by atoms with E-state index < -0.39 is 36.6 Å². The zero-order valence-electron chi connectivity index (χ0n) is 24.3. The second-order valence-corrected chi connectivity index (χ2v) is 9.39. The largest absolute Gasteiger partial charge is 0.514 e. The third-order valence-corrected chi connectivity index (χ3v) is 5.32. The van der Waals surface area contributed by atoms with Crippen LogP contribution in [0.2, 0.25) is 0 Å². The Morgan fingerprint density at radius 1 is 0.725 bits per heavy atom. The number of nitrogens with two attached hydrogens (primary N) is 1. The van der Waals surface area contributed by atoms with Gasteiger partial charge in [0.05, 0.1) is 6.61 Å². The number of carbonyl (C=O) groups is 4. The van der Waals surface area contributed by atoms with Crippen molar-refractivity contribution in [1.29, 1.82) is 0 Å². The van der Waals surface area contributed by atoms with Crippen LogP contribution in [-0.4, -0.2) is 62.0 Å². The first-order chi connectivity index (χ1) is 19.0. The van der Waals surface area contributed by atoms with E-state index in [-0.39, 0.29) is 43.3 Å². The fourth-order valence-electron chi connectivity index (χ4n) is 3.39. The Hall–Kier alpha value is -3.54. The summed E-state index contributed by atoms with van der Waals surface area (Å²) in [6.45, 7) is 10.8. The lowest BCUT2D eigenvalue weighted by Gasteiger charge is -2.17. The van der Waals surface area contributed by atoms with Crippen LogP contribution in [0.15, 0.2) is 18.2 Å². The van der Waals surface area contributed by atoms with Crippen molar-refractivity contribution in [2.75, 3.05) is 13.2 Å². The predicted octanol–water partition coefficient (Wildman–Crippen LogP) is 5.46. The van der Waals surface area contributed by atoms with Gasteiger partial charge in [-0.2, -0.15) is 0 Å². The van der Waals surface area contributed by atoms with Crippen molar-refractivity contribution in [3.63, 3.8) is 0 Å². The van der Waals surface area contributed by atoms with E-state index in [0.29, 0.717) is 24.8 Å². The summed E-state index contributed by atoms with van der Waals surface area (Å²) < 4.78 is 36.0. The minimum atomic E-state index is -1.09. The Morgan fingerprint density at radius 3 is 1.82 bits per heavy atom. The molecule has 2 unspecified atom stereocenters. The summed E-state index contributed by atoms with van der Waals surface area (Å²) in [5.41, 5.74) is 6.50. The van der Waals surface area contributed by atoms with Crippen molar-refractivity contribution in [3.05, 3.63) is 23.8 Å². The van der Waals surface area contributed by atoms with Gasteiger partial charge >= 0.3 is 24.4 Å². The standard InChI is InChI=1S/C28H43NO11/c1-7-10-18(4)36-27(32)39-23-13-12-21(16-24(23)40-28(33)37-19(5)11-8-2)15-22(29)25(30)35-17-20(6)38-26(31)34-14-9-3/h12-13,16,18-20,22H,7-11,14-15,17,29H2,1-6H3/t18?,19?,20-,22-/m0/s1. The van der Waals surface area contributed by atoms with E-state index in [9.17, 15) is 19.2 Å². The van der Waals surface area contributed by atoms with Crippen LogP contribution in [0.1, 0.15) is 79.2 Å². The summed E-state index contributed by atoms with van der Waals surface area (Å²) in [5, 5.41) is 0. The van der Waals surface area contributed by atoms with Gasteiger partial charge < -0.3 is 38.9 Å². The zero-order valence-corrected chi connectivity index (χ0v) is 24.3. The van der Waals surface area contributed by atoms with Crippen molar-refractivity contribution < 1.29 is 52.3 Å². The van der Waals surface area contributed by atoms with Gasteiger partial charge in [-0.3, -0.25) is 4.79 Å². The lowest BCUT2D eigenvalue weighted by atomic mass is 10.1. The predicted molar refractivity (Wildman–Crippen MR) is 144 cm³/mol. The number of carbonyl (C=O) groups excluding carboxylic acids is 4. The number of rotatable bonds is 16. The molecule has 40 heavy (non-hydrogen) atoms. The summed E-state index contributed by atoms with van der Waals surface area (Å²) in [4.78, 5) is 48.6. The summed E-state index contributed by atoms with van der Waals surface area (Å²) in [5.74, 6) is -0.921. The Labute approximate surface area is 235 Å². The van der Waals surface area contributed by atoms with Crippen LogP contribution in [0, 0.1) is 0 Å². The molecule has 0 saturated heterocycles. The minimum Gasteiger partial charge on any atom is -0.461 e. The van der Waals surface area contributed by atoms with Crippen LogP contribution in [0.4, 0.5) is 14.4 Å². The van der Waals surface area contributed by atoms with Gasteiger partial charge in [0.2, 0.25) is 0 Å². The maximum atomic E-state index is 12.4. The van der Waals surface area contributed by atoms with Crippen LogP contribution in [0.5, 0.6) is 11.5 Å². The molecule has 4 atom stereocenters. The molecule has 0 aliphatic carbocycles. The lowest BCUT2D eigenvalue weighted by Crippen LogP contribution is -2.36. The number of hydrogen-bond acceptors (Lipinski definition) is 12. The first kappa shape index (κ1) is 34.5. The van der Waals surface area contributed by atoms with E-state index in [1.165, 1.54) is 12.1 Å². The van der Waals surface area contributed by atoms with E-state index in [2.05, 4.69) is 0 Å². The highest BCUT2D eigenvalue weighted by Gasteiger charge is 2.22. The highest BCUT2D eigenvalue weighted by molar-refractivity contribution is 5.76. The Kier molecular flexibility index (Phi) is 16.1. The first-order valence-electron chi connectivity index (χ1n) is 13.6. The van der Waals surface area contributed by atoms with E-state index in [1.54, 1.807) is 26.8 Å². The van der Waals surface area contributed by atoms with Gasteiger partial charge in [-0.1, -0.05) is 39.7 Å². The highest BCUT2D eigenvalue weighted by atomic mass is 16.8. The first-order valence-corrected chi connectivity index (χ1v) is 13.6. The molecule has 0 fully saturated rings. The van der Waals surface area contributed by atoms with Gasteiger partial charge in [0.15, 0.2) is 11.5 Å². The smallest absolute Gasteiger partial charge is 0.461 e. The van der Waals surface area contributed by atoms with Gasteiger partial charge in [0, 0.05) is 0 Å². The quantitative estimate of drug-likeness (QED) is 0.152. The molecule has 0 bridgehead atoms. The zero-order chi connectivity index (χ0) is 30.1. The second kappa shape index (κ2) is 18.7. The van der Waals surface area contributed by atoms with Gasteiger partial charge in [0.1, 0.15) is 31.0 Å². The molecule has 1 aromatic carbocycles. The lowest BCUT2D eigenvalue weighted by molar-refractivity contribution is -0.148. The molecule has 12 nitrogen and oxygen atoms in total. The maximum absolute atomic E-state index is 12.4. The molecule has 0 saturated carbocycles.